The van der Waals surface area contributed by atoms with Gasteiger partial charge >= 0.3 is 0 Å². The van der Waals surface area contributed by atoms with Crippen LogP contribution in [0.4, 0.5) is 0 Å². The van der Waals surface area contributed by atoms with E-state index in [0.717, 1.165) is 19.3 Å². The fraction of sp³-hybridized carbons (Fsp3) is 0.917. The Morgan fingerprint density at radius 2 is 1.16 bits per heavy atom. The lowest BCUT2D eigenvalue weighted by molar-refractivity contribution is 0.141. The number of hydrogen-bond donors (Lipinski definition) is 1. The van der Waals surface area contributed by atoms with Gasteiger partial charge in [0.15, 0.2) is 0 Å². The van der Waals surface area contributed by atoms with Gasteiger partial charge < -0.3 is 5.11 Å². The van der Waals surface area contributed by atoms with Gasteiger partial charge in [-0.2, -0.15) is 0 Å². The van der Waals surface area contributed by atoms with Gasteiger partial charge in [0.1, 0.15) is 0 Å². The third-order valence-electron chi connectivity index (χ3n) is 5.02. The summed E-state index contributed by atoms with van der Waals surface area (Å²) in [4.78, 5) is 0. The molecule has 0 radical (unpaired) electrons. The first-order valence-electron chi connectivity index (χ1n) is 11.4. The van der Waals surface area contributed by atoms with Crippen molar-refractivity contribution in [2.45, 2.75) is 136 Å². The van der Waals surface area contributed by atoms with Crippen LogP contribution in [-0.4, -0.2) is 11.2 Å². The molecule has 0 saturated carbocycles. The normalized spacial score (nSPS) is 13.3. The third kappa shape index (κ3) is 19.7. The SMILES string of the molecule is CCCCCC#C[C@H](C)C[C@@H](O)CCCCCCCCCCCCC. The van der Waals surface area contributed by atoms with Gasteiger partial charge in [0, 0.05) is 12.3 Å². The molecule has 0 heterocycles. The molecule has 148 valence electrons. The fourth-order valence-electron chi connectivity index (χ4n) is 3.34. The highest BCUT2D eigenvalue weighted by molar-refractivity contribution is 5.02. The summed E-state index contributed by atoms with van der Waals surface area (Å²) in [6, 6.07) is 0. The Balaban J connectivity index is 3.38. The lowest BCUT2D eigenvalue weighted by Gasteiger charge is -2.12. The minimum absolute atomic E-state index is 0.154. The van der Waals surface area contributed by atoms with E-state index in [2.05, 4.69) is 32.6 Å². The summed E-state index contributed by atoms with van der Waals surface area (Å²) in [5.41, 5.74) is 0. The van der Waals surface area contributed by atoms with Gasteiger partial charge in [-0.3, -0.25) is 0 Å². The molecule has 0 aliphatic rings. The van der Waals surface area contributed by atoms with Crippen molar-refractivity contribution in [3.63, 3.8) is 0 Å². The van der Waals surface area contributed by atoms with Crippen molar-refractivity contribution in [1.29, 1.82) is 0 Å². The zero-order valence-electron chi connectivity index (χ0n) is 17.6. The summed E-state index contributed by atoms with van der Waals surface area (Å²) in [5.74, 6) is 6.92. The lowest BCUT2D eigenvalue weighted by atomic mass is 9.99. The van der Waals surface area contributed by atoms with Crippen LogP contribution in [0, 0.1) is 17.8 Å². The topological polar surface area (TPSA) is 20.2 Å². The summed E-state index contributed by atoms with van der Waals surface area (Å²) in [7, 11) is 0. The number of rotatable bonds is 17. The van der Waals surface area contributed by atoms with E-state index in [0.29, 0.717) is 5.92 Å². The first kappa shape index (κ1) is 24.5. The van der Waals surface area contributed by atoms with Crippen molar-refractivity contribution in [1.82, 2.24) is 0 Å². The van der Waals surface area contributed by atoms with Crippen molar-refractivity contribution < 1.29 is 5.11 Å². The van der Waals surface area contributed by atoms with Crippen molar-refractivity contribution in [3.05, 3.63) is 0 Å². The second kappa shape index (κ2) is 19.8. The predicted molar refractivity (Wildman–Crippen MR) is 113 cm³/mol. The molecule has 0 unspecified atom stereocenters. The smallest absolute Gasteiger partial charge is 0.0552 e. The number of hydrogen-bond acceptors (Lipinski definition) is 1. The monoisotopic (exact) mass is 350 g/mol. The molecule has 2 atom stereocenters. The molecule has 1 heteroatoms. The minimum atomic E-state index is -0.154. The van der Waals surface area contributed by atoms with Crippen LogP contribution >= 0.6 is 0 Å². The summed E-state index contributed by atoms with van der Waals surface area (Å²) in [6.07, 6.45) is 21.5. The molecule has 0 aromatic carbocycles. The second-order valence-corrected chi connectivity index (χ2v) is 7.89. The Hall–Kier alpha value is -0.480. The van der Waals surface area contributed by atoms with E-state index in [-0.39, 0.29) is 6.10 Å². The molecule has 0 rings (SSSR count). The molecule has 25 heavy (non-hydrogen) atoms. The average molecular weight is 351 g/mol. The number of aliphatic hydroxyl groups is 1. The molecule has 0 amide bonds. The van der Waals surface area contributed by atoms with Crippen LogP contribution < -0.4 is 0 Å². The Morgan fingerprint density at radius 1 is 0.680 bits per heavy atom. The Morgan fingerprint density at radius 3 is 1.72 bits per heavy atom. The maximum atomic E-state index is 10.1. The molecule has 0 bridgehead atoms. The Kier molecular flexibility index (Phi) is 19.5. The largest absolute Gasteiger partial charge is 0.393 e. The van der Waals surface area contributed by atoms with E-state index in [4.69, 9.17) is 0 Å². The van der Waals surface area contributed by atoms with Crippen LogP contribution in [0.2, 0.25) is 0 Å². The highest BCUT2D eigenvalue weighted by Crippen LogP contribution is 2.15. The summed E-state index contributed by atoms with van der Waals surface area (Å²) >= 11 is 0. The highest BCUT2D eigenvalue weighted by Gasteiger charge is 2.08. The first-order chi connectivity index (χ1) is 12.2. The third-order valence-corrected chi connectivity index (χ3v) is 5.02. The van der Waals surface area contributed by atoms with Crippen LogP contribution in [0.5, 0.6) is 0 Å². The van der Waals surface area contributed by atoms with Gasteiger partial charge in [0.05, 0.1) is 6.10 Å². The van der Waals surface area contributed by atoms with Crippen molar-refractivity contribution >= 4 is 0 Å². The second-order valence-electron chi connectivity index (χ2n) is 7.89. The average Bonchev–Trinajstić information content (AvgIpc) is 2.59. The van der Waals surface area contributed by atoms with Crippen LogP contribution in [0.1, 0.15) is 130 Å². The molecule has 0 fully saturated rings. The molecule has 1 N–H and O–H groups in total. The van der Waals surface area contributed by atoms with Gasteiger partial charge in [-0.15, -0.1) is 11.8 Å². The Labute approximate surface area is 159 Å². The quantitative estimate of drug-likeness (QED) is 0.211. The van der Waals surface area contributed by atoms with Gasteiger partial charge in [0.2, 0.25) is 0 Å². The first-order valence-corrected chi connectivity index (χ1v) is 11.4. The summed E-state index contributed by atoms with van der Waals surface area (Å²) in [5, 5.41) is 10.1. The summed E-state index contributed by atoms with van der Waals surface area (Å²) in [6.45, 7) is 6.65. The number of aliphatic hydroxyl groups excluding tert-OH is 1. The number of unbranched alkanes of at least 4 members (excludes halogenated alkanes) is 13. The van der Waals surface area contributed by atoms with E-state index >= 15 is 0 Å². The lowest BCUT2D eigenvalue weighted by Crippen LogP contribution is -2.10. The molecule has 0 aromatic rings. The molecule has 0 aromatic heterocycles. The van der Waals surface area contributed by atoms with Gasteiger partial charge in [-0.05, 0) is 19.3 Å². The van der Waals surface area contributed by atoms with Crippen LogP contribution in [0.25, 0.3) is 0 Å². The van der Waals surface area contributed by atoms with E-state index in [1.54, 1.807) is 0 Å². The highest BCUT2D eigenvalue weighted by atomic mass is 16.3. The molecule has 0 aliphatic heterocycles. The summed E-state index contributed by atoms with van der Waals surface area (Å²) < 4.78 is 0. The van der Waals surface area contributed by atoms with Gasteiger partial charge in [0.25, 0.3) is 0 Å². The molecular formula is C24H46O. The van der Waals surface area contributed by atoms with E-state index < -0.39 is 0 Å². The molecule has 0 saturated heterocycles. The fourth-order valence-corrected chi connectivity index (χ4v) is 3.34. The van der Waals surface area contributed by atoms with Gasteiger partial charge in [-0.25, -0.2) is 0 Å². The zero-order chi connectivity index (χ0) is 18.6. The van der Waals surface area contributed by atoms with Crippen LogP contribution in [0.15, 0.2) is 0 Å². The van der Waals surface area contributed by atoms with Gasteiger partial charge in [-0.1, -0.05) is 104 Å². The van der Waals surface area contributed by atoms with E-state index in [9.17, 15) is 5.11 Å². The van der Waals surface area contributed by atoms with Crippen molar-refractivity contribution in [2.24, 2.45) is 5.92 Å². The Bertz CT molecular complexity index is 312. The van der Waals surface area contributed by atoms with E-state index in [1.165, 1.54) is 89.9 Å². The molecule has 1 nitrogen and oxygen atoms in total. The standard InChI is InChI=1S/C24H46O/c1-4-6-8-10-11-12-13-14-15-17-19-21-24(25)22-23(3)20-18-16-9-7-5-2/h23-25H,4-17,19,21-22H2,1-3H3/t23-,24-/m0/s1. The minimum Gasteiger partial charge on any atom is -0.393 e. The maximum Gasteiger partial charge on any atom is 0.0552 e. The van der Waals surface area contributed by atoms with Crippen molar-refractivity contribution in [3.8, 4) is 11.8 Å². The zero-order valence-corrected chi connectivity index (χ0v) is 17.6. The molecule has 0 aliphatic carbocycles. The molecule has 0 spiro atoms. The van der Waals surface area contributed by atoms with Crippen molar-refractivity contribution in [2.75, 3.05) is 0 Å². The van der Waals surface area contributed by atoms with Crippen LogP contribution in [-0.2, 0) is 0 Å². The van der Waals surface area contributed by atoms with E-state index in [1.807, 2.05) is 0 Å². The predicted octanol–water partition coefficient (Wildman–Crippen LogP) is 7.66. The molecular weight excluding hydrogens is 304 g/mol. The van der Waals surface area contributed by atoms with Crippen LogP contribution in [0.3, 0.4) is 0 Å². The maximum absolute atomic E-state index is 10.1.